The molecule has 1 aromatic heterocycles. The molecule has 5 N–H and O–H groups in total. The summed E-state index contributed by atoms with van der Waals surface area (Å²) in [6.45, 7) is 14.1. The fourth-order valence-corrected chi connectivity index (χ4v) is 5.30. The largest absolute Gasteiger partial charge is 0.390 e. The van der Waals surface area contributed by atoms with Crippen LogP contribution < -0.4 is 16.0 Å². The maximum absolute atomic E-state index is 13.5. The van der Waals surface area contributed by atoms with E-state index in [2.05, 4.69) is 27.9 Å². The van der Waals surface area contributed by atoms with E-state index in [1.807, 2.05) is 41.5 Å². The fraction of sp³-hybridized carbons (Fsp3) is 0.724. The van der Waals surface area contributed by atoms with Crippen molar-refractivity contribution in [3.05, 3.63) is 30.1 Å². The highest BCUT2D eigenvalue weighted by Crippen LogP contribution is 2.23. The van der Waals surface area contributed by atoms with Crippen LogP contribution in [0.5, 0.6) is 0 Å². The lowest BCUT2D eigenvalue weighted by Gasteiger charge is -2.35. The zero-order chi connectivity index (χ0) is 29.5. The second kappa shape index (κ2) is 18.2. The first kappa shape index (κ1) is 34.9. The fourth-order valence-electron chi connectivity index (χ4n) is 4.17. The van der Waals surface area contributed by atoms with Gasteiger partial charge in [0.2, 0.25) is 11.8 Å². The lowest BCUT2D eigenvalue weighted by molar-refractivity contribution is -0.137. The van der Waals surface area contributed by atoms with E-state index in [-0.39, 0.29) is 23.7 Å². The van der Waals surface area contributed by atoms with E-state index in [1.54, 1.807) is 30.1 Å². The quantitative estimate of drug-likeness (QED) is 0.172. The number of unbranched alkanes of at least 4 members (excludes halogenated alkanes) is 1. The average molecular weight is 567 g/mol. The summed E-state index contributed by atoms with van der Waals surface area (Å²) in [5.74, 6) is -0.736. The van der Waals surface area contributed by atoms with Crippen LogP contribution in [0.15, 0.2) is 24.5 Å². The first-order chi connectivity index (χ1) is 18.4. The minimum atomic E-state index is -1.39. The number of rotatable bonds is 18. The van der Waals surface area contributed by atoms with Crippen LogP contribution in [0.2, 0.25) is 0 Å². The number of carbonyl (C=O) groups excluding carboxylic acids is 3. The van der Waals surface area contributed by atoms with Gasteiger partial charge in [-0.25, -0.2) is 0 Å². The Morgan fingerprint density at radius 2 is 1.67 bits per heavy atom. The molecule has 0 spiro atoms. The number of aliphatic hydroxyl groups excluding tert-OH is 2. The Bertz CT molecular complexity index is 868. The molecule has 1 unspecified atom stereocenters. The number of pyridine rings is 1. The summed E-state index contributed by atoms with van der Waals surface area (Å²) in [6.07, 6.45) is 2.64. The van der Waals surface area contributed by atoms with Crippen LogP contribution in [-0.2, 0) is 9.59 Å². The first-order valence-corrected chi connectivity index (χ1v) is 15.3. The summed E-state index contributed by atoms with van der Waals surface area (Å²) < 4.78 is 0. The van der Waals surface area contributed by atoms with Crippen LogP contribution in [0, 0.1) is 23.7 Å². The van der Waals surface area contributed by atoms with Crippen LogP contribution in [0.3, 0.4) is 0 Å². The number of nitrogens with zero attached hydrogens (tertiary/aromatic N) is 1. The molecule has 0 aliphatic heterocycles. The third kappa shape index (κ3) is 12.7. The molecule has 0 aromatic carbocycles. The summed E-state index contributed by atoms with van der Waals surface area (Å²) in [4.78, 5) is 43.2. The van der Waals surface area contributed by atoms with E-state index >= 15 is 0 Å². The Kier molecular flexibility index (Phi) is 16.3. The topological polar surface area (TPSA) is 141 Å². The van der Waals surface area contributed by atoms with Crippen LogP contribution in [-0.4, -0.2) is 75.3 Å². The van der Waals surface area contributed by atoms with Crippen molar-refractivity contribution in [1.29, 1.82) is 0 Å². The SMILES string of the molecule is CCCCSCC(NC(=O)c1cccnc1)C(=O)N[C@@H](CC(C)C)[C@@H](O)[C@H](O)[C@H](C(=O)NCC(C)C)C(C)C. The molecule has 9 nitrogen and oxygen atoms in total. The average Bonchev–Trinajstić information content (AvgIpc) is 2.88. The number of hydrogen-bond donors (Lipinski definition) is 5. The van der Waals surface area contributed by atoms with Gasteiger partial charge >= 0.3 is 0 Å². The van der Waals surface area contributed by atoms with Gasteiger partial charge in [-0.05, 0) is 48.5 Å². The van der Waals surface area contributed by atoms with Gasteiger partial charge in [0.05, 0.1) is 23.6 Å². The zero-order valence-corrected chi connectivity index (χ0v) is 25.5. The number of hydrogen-bond acceptors (Lipinski definition) is 7. The molecule has 1 rings (SSSR count). The van der Waals surface area contributed by atoms with Crippen molar-refractivity contribution in [2.24, 2.45) is 23.7 Å². The minimum absolute atomic E-state index is 0.0896. The molecule has 10 heteroatoms. The molecule has 0 fully saturated rings. The molecule has 1 heterocycles. The predicted octanol–water partition coefficient (Wildman–Crippen LogP) is 3.01. The summed E-state index contributed by atoms with van der Waals surface area (Å²) in [6, 6.07) is 1.61. The third-order valence-electron chi connectivity index (χ3n) is 6.36. The number of amides is 3. The van der Waals surface area contributed by atoms with E-state index < -0.39 is 42.0 Å². The van der Waals surface area contributed by atoms with E-state index in [0.717, 1.165) is 18.6 Å². The highest BCUT2D eigenvalue weighted by Gasteiger charge is 2.39. The molecule has 0 aliphatic carbocycles. The third-order valence-corrected chi connectivity index (χ3v) is 7.51. The van der Waals surface area contributed by atoms with Crippen molar-refractivity contribution < 1.29 is 24.6 Å². The molecule has 39 heavy (non-hydrogen) atoms. The van der Waals surface area contributed by atoms with Gasteiger partial charge in [0, 0.05) is 24.7 Å². The minimum Gasteiger partial charge on any atom is -0.390 e. The lowest BCUT2D eigenvalue weighted by Crippen LogP contribution is -2.58. The van der Waals surface area contributed by atoms with Gasteiger partial charge in [-0.1, -0.05) is 54.9 Å². The maximum atomic E-state index is 13.5. The van der Waals surface area contributed by atoms with Gasteiger partial charge in [0.25, 0.3) is 5.91 Å². The molecule has 0 saturated heterocycles. The van der Waals surface area contributed by atoms with E-state index in [9.17, 15) is 24.6 Å². The number of thioether (sulfide) groups is 1. The van der Waals surface area contributed by atoms with Crippen molar-refractivity contribution in [2.75, 3.05) is 18.1 Å². The smallest absolute Gasteiger partial charge is 0.253 e. The molecule has 0 aliphatic rings. The molecular weight excluding hydrogens is 516 g/mol. The summed E-state index contributed by atoms with van der Waals surface area (Å²) in [5.41, 5.74) is 0.343. The molecule has 3 amide bonds. The Labute approximate surface area is 238 Å². The van der Waals surface area contributed by atoms with Gasteiger partial charge in [-0.3, -0.25) is 19.4 Å². The summed E-state index contributed by atoms with van der Waals surface area (Å²) in [7, 11) is 0. The molecule has 0 saturated carbocycles. The van der Waals surface area contributed by atoms with Gasteiger partial charge in [0.1, 0.15) is 12.1 Å². The number of aliphatic hydroxyl groups is 2. The van der Waals surface area contributed by atoms with Gasteiger partial charge in [-0.15, -0.1) is 0 Å². The monoisotopic (exact) mass is 566 g/mol. The van der Waals surface area contributed by atoms with Gasteiger partial charge in [0.15, 0.2) is 0 Å². The number of aromatic nitrogens is 1. The summed E-state index contributed by atoms with van der Waals surface area (Å²) in [5, 5.41) is 31.0. The zero-order valence-electron chi connectivity index (χ0n) is 24.6. The van der Waals surface area contributed by atoms with Crippen molar-refractivity contribution in [3.8, 4) is 0 Å². The normalized spacial score (nSPS) is 15.5. The van der Waals surface area contributed by atoms with Crippen LogP contribution in [0.1, 0.15) is 78.1 Å². The maximum Gasteiger partial charge on any atom is 0.253 e. The summed E-state index contributed by atoms with van der Waals surface area (Å²) >= 11 is 1.57. The lowest BCUT2D eigenvalue weighted by atomic mass is 9.83. The van der Waals surface area contributed by atoms with Crippen LogP contribution in [0.4, 0.5) is 0 Å². The molecule has 5 atom stereocenters. The van der Waals surface area contributed by atoms with Crippen molar-refractivity contribution in [1.82, 2.24) is 20.9 Å². The van der Waals surface area contributed by atoms with Gasteiger partial charge in [-0.2, -0.15) is 11.8 Å². The predicted molar refractivity (Wildman–Crippen MR) is 157 cm³/mol. The van der Waals surface area contributed by atoms with Crippen LogP contribution >= 0.6 is 11.8 Å². The molecular formula is C29H50N4O5S. The molecule has 0 radical (unpaired) electrons. The Balaban J connectivity index is 3.11. The standard InChI is InChI=1S/C29H50N4O5S/c1-8-9-13-39-17-23(33-27(36)21-11-10-12-30-16-21)28(37)32-22(14-18(2)3)25(34)26(35)24(20(6)7)29(38)31-15-19(4)5/h10-12,16,18-20,22-26,34-35H,8-9,13-15,17H2,1-7H3,(H,31,38)(H,32,37)(H,33,36)/t22-,23?,24+,25+,26+/m0/s1. The van der Waals surface area contributed by atoms with E-state index in [1.165, 1.54) is 6.20 Å². The van der Waals surface area contributed by atoms with E-state index in [0.29, 0.717) is 24.3 Å². The van der Waals surface area contributed by atoms with Crippen molar-refractivity contribution in [2.45, 2.75) is 92.0 Å². The second-order valence-electron chi connectivity index (χ2n) is 11.3. The Morgan fingerprint density at radius 1 is 0.974 bits per heavy atom. The van der Waals surface area contributed by atoms with Crippen molar-refractivity contribution >= 4 is 29.5 Å². The number of nitrogens with one attached hydrogen (secondary N) is 3. The van der Waals surface area contributed by atoms with Crippen molar-refractivity contribution in [3.63, 3.8) is 0 Å². The van der Waals surface area contributed by atoms with Crippen LogP contribution in [0.25, 0.3) is 0 Å². The highest BCUT2D eigenvalue weighted by atomic mass is 32.2. The van der Waals surface area contributed by atoms with Gasteiger partial charge < -0.3 is 26.2 Å². The second-order valence-corrected chi connectivity index (χ2v) is 12.5. The first-order valence-electron chi connectivity index (χ1n) is 14.1. The Morgan fingerprint density at radius 3 is 2.21 bits per heavy atom. The molecule has 1 aromatic rings. The Hall–Kier alpha value is -2.17. The molecule has 222 valence electrons. The number of carbonyl (C=O) groups is 3. The molecule has 0 bridgehead atoms. The van der Waals surface area contributed by atoms with E-state index in [4.69, 9.17) is 0 Å². The highest BCUT2D eigenvalue weighted by molar-refractivity contribution is 7.99.